The van der Waals surface area contributed by atoms with Crippen molar-refractivity contribution in [3.05, 3.63) is 35.9 Å². The van der Waals surface area contributed by atoms with Gasteiger partial charge in [0, 0.05) is 6.04 Å². The average Bonchev–Trinajstić information content (AvgIpc) is 2.54. The molecule has 1 amide bonds. The molecule has 2 rings (SSSR count). The Bertz CT molecular complexity index is 429. The van der Waals surface area contributed by atoms with E-state index in [0.717, 1.165) is 38.0 Å². The molecule has 4 heteroatoms. The first kappa shape index (κ1) is 16.0. The van der Waals surface area contributed by atoms with Gasteiger partial charge in [0.05, 0.1) is 12.6 Å². The van der Waals surface area contributed by atoms with E-state index < -0.39 is 0 Å². The van der Waals surface area contributed by atoms with Gasteiger partial charge >= 0.3 is 0 Å². The summed E-state index contributed by atoms with van der Waals surface area (Å²) in [4.78, 5) is 14.6. The summed E-state index contributed by atoms with van der Waals surface area (Å²) in [6.45, 7) is 7.71. The molecule has 0 aliphatic carbocycles. The minimum Gasteiger partial charge on any atom is -0.348 e. The fourth-order valence-corrected chi connectivity index (χ4v) is 2.97. The summed E-state index contributed by atoms with van der Waals surface area (Å²) in [6, 6.07) is 10.7. The van der Waals surface area contributed by atoms with Crippen molar-refractivity contribution in [3.8, 4) is 0 Å². The SMILES string of the molecule is CCN(CC(=O)NC(C)c1ccccc1)C1CCNCC1. The highest BCUT2D eigenvalue weighted by atomic mass is 16.2. The number of amides is 1. The third kappa shape index (κ3) is 4.83. The summed E-state index contributed by atoms with van der Waals surface area (Å²) in [6.07, 6.45) is 2.27. The van der Waals surface area contributed by atoms with Crippen molar-refractivity contribution in [2.24, 2.45) is 0 Å². The standard InChI is InChI=1S/C17H27N3O/c1-3-20(16-9-11-18-12-10-16)13-17(21)19-14(2)15-7-5-4-6-8-15/h4-8,14,16,18H,3,9-13H2,1-2H3,(H,19,21). The molecule has 0 spiro atoms. The van der Waals surface area contributed by atoms with Crippen LogP contribution < -0.4 is 10.6 Å². The van der Waals surface area contributed by atoms with Gasteiger partial charge in [-0.25, -0.2) is 0 Å². The summed E-state index contributed by atoms with van der Waals surface area (Å²) in [5, 5.41) is 6.48. The molecule has 116 valence electrons. The molecule has 1 aliphatic heterocycles. The van der Waals surface area contributed by atoms with Crippen LogP contribution in [0.5, 0.6) is 0 Å². The molecular weight excluding hydrogens is 262 g/mol. The average molecular weight is 289 g/mol. The van der Waals surface area contributed by atoms with Crippen molar-refractivity contribution in [2.45, 2.75) is 38.8 Å². The predicted octanol–water partition coefficient (Wildman–Crippen LogP) is 1.94. The number of piperidine rings is 1. The van der Waals surface area contributed by atoms with Gasteiger partial charge in [-0.1, -0.05) is 37.3 Å². The Labute approximate surface area is 127 Å². The minimum absolute atomic E-state index is 0.0606. The lowest BCUT2D eigenvalue weighted by Gasteiger charge is -2.33. The molecule has 0 bridgehead atoms. The number of nitrogens with zero attached hydrogens (tertiary/aromatic N) is 1. The molecule has 1 atom stereocenters. The largest absolute Gasteiger partial charge is 0.348 e. The van der Waals surface area contributed by atoms with Crippen LogP contribution in [0.15, 0.2) is 30.3 Å². The van der Waals surface area contributed by atoms with Crippen molar-refractivity contribution in [1.29, 1.82) is 0 Å². The zero-order valence-electron chi connectivity index (χ0n) is 13.1. The number of likely N-dealkylation sites (N-methyl/N-ethyl adjacent to an activating group) is 1. The summed E-state index contributed by atoms with van der Waals surface area (Å²) >= 11 is 0. The third-order valence-electron chi connectivity index (χ3n) is 4.26. The number of rotatable bonds is 6. The van der Waals surface area contributed by atoms with Crippen molar-refractivity contribution in [2.75, 3.05) is 26.2 Å². The van der Waals surface area contributed by atoms with E-state index in [1.807, 2.05) is 25.1 Å². The van der Waals surface area contributed by atoms with Gasteiger partial charge in [0.2, 0.25) is 5.91 Å². The lowest BCUT2D eigenvalue weighted by atomic mass is 10.0. The Morgan fingerprint density at radius 3 is 2.62 bits per heavy atom. The van der Waals surface area contributed by atoms with Crippen molar-refractivity contribution in [1.82, 2.24) is 15.5 Å². The Morgan fingerprint density at radius 1 is 1.33 bits per heavy atom. The van der Waals surface area contributed by atoms with Gasteiger partial charge in [0.1, 0.15) is 0 Å². The molecule has 1 heterocycles. The Hall–Kier alpha value is -1.39. The van der Waals surface area contributed by atoms with Crippen LogP contribution in [0.2, 0.25) is 0 Å². The number of nitrogens with one attached hydrogen (secondary N) is 2. The quantitative estimate of drug-likeness (QED) is 0.841. The fraction of sp³-hybridized carbons (Fsp3) is 0.588. The molecule has 1 fully saturated rings. The summed E-state index contributed by atoms with van der Waals surface area (Å²) in [7, 11) is 0. The molecule has 1 aromatic rings. The smallest absolute Gasteiger partial charge is 0.234 e. The van der Waals surface area contributed by atoms with Gasteiger partial charge in [-0.05, 0) is 45.0 Å². The van der Waals surface area contributed by atoms with E-state index in [-0.39, 0.29) is 11.9 Å². The van der Waals surface area contributed by atoms with E-state index in [2.05, 4.69) is 34.6 Å². The summed E-state index contributed by atoms with van der Waals surface area (Å²) in [5.74, 6) is 0.117. The number of carbonyl (C=O) groups excluding carboxylic acids is 1. The van der Waals surface area contributed by atoms with Crippen LogP contribution in [0, 0.1) is 0 Å². The maximum atomic E-state index is 12.3. The van der Waals surface area contributed by atoms with Gasteiger partial charge in [-0.15, -0.1) is 0 Å². The van der Waals surface area contributed by atoms with Crippen LogP contribution in [-0.4, -0.2) is 43.0 Å². The second kappa shape index (κ2) is 8.15. The van der Waals surface area contributed by atoms with Crippen LogP contribution >= 0.6 is 0 Å². The zero-order valence-corrected chi connectivity index (χ0v) is 13.1. The first-order valence-electron chi connectivity index (χ1n) is 7.99. The number of hydrogen-bond donors (Lipinski definition) is 2. The van der Waals surface area contributed by atoms with Crippen LogP contribution in [0.25, 0.3) is 0 Å². The first-order chi connectivity index (χ1) is 10.2. The van der Waals surface area contributed by atoms with Gasteiger partial charge in [-0.2, -0.15) is 0 Å². The van der Waals surface area contributed by atoms with E-state index in [0.29, 0.717) is 12.6 Å². The maximum Gasteiger partial charge on any atom is 0.234 e. The number of hydrogen-bond acceptors (Lipinski definition) is 3. The van der Waals surface area contributed by atoms with E-state index in [1.165, 1.54) is 0 Å². The molecule has 1 unspecified atom stereocenters. The monoisotopic (exact) mass is 289 g/mol. The molecule has 0 aromatic heterocycles. The van der Waals surface area contributed by atoms with Gasteiger partial charge in [0.25, 0.3) is 0 Å². The fourth-order valence-electron chi connectivity index (χ4n) is 2.97. The summed E-state index contributed by atoms with van der Waals surface area (Å²) < 4.78 is 0. The van der Waals surface area contributed by atoms with Crippen LogP contribution in [-0.2, 0) is 4.79 Å². The molecule has 2 N–H and O–H groups in total. The topological polar surface area (TPSA) is 44.4 Å². The first-order valence-corrected chi connectivity index (χ1v) is 7.99. The molecule has 1 saturated heterocycles. The van der Waals surface area contributed by atoms with Crippen LogP contribution in [0.1, 0.15) is 38.3 Å². The molecule has 0 radical (unpaired) electrons. The second-order valence-electron chi connectivity index (χ2n) is 5.74. The van der Waals surface area contributed by atoms with E-state index in [4.69, 9.17) is 0 Å². The Kier molecular flexibility index (Phi) is 6.21. The Morgan fingerprint density at radius 2 is 2.00 bits per heavy atom. The predicted molar refractivity (Wildman–Crippen MR) is 86.1 cm³/mol. The number of carbonyl (C=O) groups is 1. The Balaban J connectivity index is 1.84. The lowest BCUT2D eigenvalue weighted by molar-refractivity contribution is -0.123. The highest BCUT2D eigenvalue weighted by molar-refractivity contribution is 5.78. The second-order valence-corrected chi connectivity index (χ2v) is 5.74. The molecular formula is C17H27N3O. The van der Waals surface area contributed by atoms with Crippen LogP contribution in [0.3, 0.4) is 0 Å². The van der Waals surface area contributed by atoms with Crippen molar-refractivity contribution in [3.63, 3.8) is 0 Å². The molecule has 21 heavy (non-hydrogen) atoms. The normalized spacial score (nSPS) is 17.7. The number of benzene rings is 1. The highest BCUT2D eigenvalue weighted by Crippen LogP contribution is 2.13. The van der Waals surface area contributed by atoms with E-state index in [9.17, 15) is 4.79 Å². The third-order valence-corrected chi connectivity index (χ3v) is 4.26. The minimum atomic E-state index is 0.0606. The van der Waals surface area contributed by atoms with E-state index >= 15 is 0 Å². The maximum absolute atomic E-state index is 12.3. The van der Waals surface area contributed by atoms with Crippen molar-refractivity contribution < 1.29 is 4.79 Å². The van der Waals surface area contributed by atoms with Crippen molar-refractivity contribution >= 4 is 5.91 Å². The van der Waals surface area contributed by atoms with Gasteiger partial charge in [-0.3, -0.25) is 9.69 Å². The van der Waals surface area contributed by atoms with E-state index in [1.54, 1.807) is 0 Å². The zero-order chi connectivity index (χ0) is 15.1. The van der Waals surface area contributed by atoms with Gasteiger partial charge < -0.3 is 10.6 Å². The molecule has 0 saturated carbocycles. The van der Waals surface area contributed by atoms with Crippen LogP contribution in [0.4, 0.5) is 0 Å². The lowest BCUT2D eigenvalue weighted by Crippen LogP contribution is -2.47. The molecule has 1 aliphatic rings. The summed E-state index contributed by atoms with van der Waals surface area (Å²) in [5.41, 5.74) is 1.15. The molecule has 4 nitrogen and oxygen atoms in total. The molecule has 1 aromatic carbocycles. The highest BCUT2D eigenvalue weighted by Gasteiger charge is 2.22. The van der Waals surface area contributed by atoms with Gasteiger partial charge in [0.15, 0.2) is 0 Å².